The molecule has 0 bridgehead atoms. The van der Waals surface area contributed by atoms with Gasteiger partial charge in [-0.25, -0.2) is 0 Å². The second kappa shape index (κ2) is 6.94. The number of rotatable bonds is 7. The Morgan fingerprint density at radius 1 is 1.31 bits per heavy atom. The smallest absolute Gasteiger partial charge is 0.0740 e. The zero-order chi connectivity index (χ0) is 11.9. The first kappa shape index (κ1) is 13.6. The molecular weight excluding hydrogens is 218 g/mol. The molecule has 0 aliphatic carbocycles. The van der Waals surface area contributed by atoms with Gasteiger partial charge in [-0.2, -0.15) is 0 Å². The van der Waals surface area contributed by atoms with Crippen molar-refractivity contribution in [3.8, 4) is 0 Å². The molecule has 0 aliphatic heterocycles. The summed E-state index contributed by atoms with van der Waals surface area (Å²) in [5, 5.41) is 13.0. The van der Waals surface area contributed by atoms with Gasteiger partial charge in [0.2, 0.25) is 0 Å². The fourth-order valence-corrected chi connectivity index (χ4v) is 2.07. The van der Waals surface area contributed by atoms with E-state index in [2.05, 4.69) is 29.6 Å². The molecule has 1 unspecified atom stereocenters. The van der Waals surface area contributed by atoms with E-state index < -0.39 is 5.60 Å². The summed E-state index contributed by atoms with van der Waals surface area (Å²) in [6.45, 7) is 5.46. The Labute approximate surface area is 102 Å². The number of benzene rings is 1. The average molecular weight is 239 g/mol. The van der Waals surface area contributed by atoms with E-state index >= 15 is 0 Å². The van der Waals surface area contributed by atoms with Gasteiger partial charge in [-0.05, 0) is 25.5 Å². The van der Waals surface area contributed by atoms with Crippen molar-refractivity contribution >= 4 is 11.8 Å². The standard InChI is InChI=1S/C13H21NOS/c1-3-13(2,15)11-14-9-10-16-12-7-5-4-6-8-12/h4-8,14-15H,3,9-11H2,1-2H3. The van der Waals surface area contributed by atoms with E-state index in [1.807, 2.05) is 31.7 Å². The zero-order valence-electron chi connectivity index (χ0n) is 10.1. The molecule has 0 spiro atoms. The van der Waals surface area contributed by atoms with Crippen LogP contribution in [0.25, 0.3) is 0 Å². The predicted molar refractivity (Wildman–Crippen MR) is 71.0 cm³/mol. The summed E-state index contributed by atoms with van der Waals surface area (Å²) in [5.41, 5.74) is -0.572. The van der Waals surface area contributed by atoms with Crippen molar-refractivity contribution in [2.45, 2.75) is 30.8 Å². The van der Waals surface area contributed by atoms with Gasteiger partial charge in [0.15, 0.2) is 0 Å². The first-order valence-corrected chi connectivity index (χ1v) is 6.73. The van der Waals surface area contributed by atoms with Crippen molar-refractivity contribution in [2.24, 2.45) is 0 Å². The van der Waals surface area contributed by atoms with Crippen LogP contribution in [0, 0.1) is 0 Å². The molecule has 90 valence electrons. The molecule has 0 radical (unpaired) electrons. The van der Waals surface area contributed by atoms with Crippen LogP contribution in [0.2, 0.25) is 0 Å². The van der Waals surface area contributed by atoms with E-state index in [4.69, 9.17) is 0 Å². The summed E-state index contributed by atoms with van der Waals surface area (Å²) >= 11 is 1.83. The van der Waals surface area contributed by atoms with Gasteiger partial charge in [-0.3, -0.25) is 0 Å². The minimum atomic E-state index is -0.572. The fourth-order valence-electron chi connectivity index (χ4n) is 1.24. The molecule has 1 rings (SSSR count). The van der Waals surface area contributed by atoms with Gasteiger partial charge in [-0.15, -0.1) is 11.8 Å². The van der Waals surface area contributed by atoms with Crippen LogP contribution in [0.5, 0.6) is 0 Å². The molecule has 1 aromatic rings. The van der Waals surface area contributed by atoms with Gasteiger partial charge >= 0.3 is 0 Å². The van der Waals surface area contributed by atoms with E-state index in [1.54, 1.807) is 0 Å². The Balaban J connectivity index is 2.09. The van der Waals surface area contributed by atoms with Crippen LogP contribution in [0.15, 0.2) is 35.2 Å². The largest absolute Gasteiger partial charge is 0.389 e. The van der Waals surface area contributed by atoms with E-state index in [-0.39, 0.29) is 0 Å². The van der Waals surface area contributed by atoms with E-state index in [9.17, 15) is 5.11 Å². The zero-order valence-corrected chi connectivity index (χ0v) is 10.9. The molecule has 0 amide bonds. The number of aliphatic hydroxyl groups is 1. The van der Waals surface area contributed by atoms with E-state index in [0.29, 0.717) is 6.54 Å². The Morgan fingerprint density at radius 2 is 2.00 bits per heavy atom. The Bertz CT molecular complexity index is 287. The summed E-state index contributed by atoms with van der Waals surface area (Å²) in [6, 6.07) is 10.4. The van der Waals surface area contributed by atoms with Crippen molar-refractivity contribution in [2.75, 3.05) is 18.8 Å². The third-order valence-corrected chi connectivity index (χ3v) is 3.57. The summed E-state index contributed by atoms with van der Waals surface area (Å²) in [6.07, 6.45) is 0.784. The second-order valence-corrected chi connectivity index (χ2v) is 5.36. The van der Waals surface area contributed by atoms with Gasteiger partial charge in [0.05, 0.1) is 5.60 Å². The van der Waals surface area contributed by atoms with Gasteiger partial charge in [0, 0.05) is 23.7 Å². The Morgan fingerprint density at radius 3 is 2.62 bits per heavy atom. The molecule has 2 nitrogen and oxygen atoms in total. The summed E-state index contributed by atoms with van der Waals surface area (Å²) in [4.78, 5) is 1.30. The molecule has 16 heavy (non-hydrogen) atoms. The maximum Gasteiger partial charge on any atom is 0.0740 e. The summed E-state index contributed by atoms with van der Waals surface area (Å²) in [7, 11) is 0. The topological polar surface area (TPSA) is 32.3 Å². The highest BCUT2D eigenvalue weighted by molar-refractivity contribution is 7.99. The number of thioether (sulfide) groups is 1. The van der Waals surface area contributed by atoms with Gasteiger partial charge in [0.1, 0.15) is 0 Å². The van der Waals surface area contributed by atoms with Crippen LogP contribution in [0.4, 0.5) is 0 Å². The maximum atomic E-state index is 9.77. The summed E-state index contributed by atoms with van der Waals surface area (Å²) in [5.74, 6) is 1.03. The molecule has 0 aromatic heterocycles. The van der Waals surface area contributed by atoms with Crippen LogP contribution in [-0.4, -0.2) is 29.5 Å². The van der Waals surface area contributed by atoms with Gasteiger partial charge in [0.25, 0.3) is 0 Å². The molecule has 2 N–H and O–H groups in total. The highest BCUT2D eigenvalue weighted by atomic mass is 32.2. The Hall–Kier alpha value is -0.510. The minimum Gasteiger partial charge on any atom is -0.389 e. The maximum absolute atomic E-state index is 9.77. The first-order valence-electron chi connectivity index (χ1n) is 5.75. The highest BCUT2D eigenvalue weighted by Crippen LogP contribution is 2.15. The van der Waals surface area contributed by atoms with Crippen LogP contribution in [0.1, 0.15) is 20.3 Å². The molecule has 1 aromatic carbocycles. The lowest BCUT2D eigenvalue weighted by Gasteiger charge is -2.21. The molecule has 0 saturated carbocycles. The van der Waals surface area contributed by atoms with Crippen molar-refractivity contribution < 1.29 is 5.11 Å². The SMILES string of the molecule is CCC(C)(O)CNCCSc1ccccc1. The average Bonchev–Trinajstić information content (AvgIpc) is 2.30. The molecule has 0 heterocycles. The predicted octanol–water partition coefficient (Wildman–Crippen LogP) is 2.53. The van der Waals surface area contributed by atoms with Crippen molar-refractivity contribution in [1.29, 1.82) is 0 Å². The van der Waals surface area contributed by atoms with Crippen molar-refractivity contribution in [1.82, 2.24) is 5.32 Å². The van der Waals surface area contributed by atoms with Crippen molar-refractivity contribution in [3.05, 3.63) is 30.3 Å². The molecule has 0 fully saturated rings. The molecule has 3 heteroatoms. The first-order chi connectivity index (χ1) is 7.64. The summed E-state index contributed by atoms with van der Waals surface area (Å²) < 4.78 is 0. The second-order valence-electron chi connectivity index (χ2n) is 4.19. The lowest BCUT2D eigenvalue weighted by Crippen LogP contribution is -2.37. The number of hydrogen-bond acceptors (Lipinski definition) is 3. The van der Waals surface area contributed by atoms with Crippen LogP contribution in [-0.2, 0) is 0 Å². The van der Waals surface area contributed by atoms with Gasteiger partial charge in [-0.1, -0.05) is 25.1 Å². The molecule has 1 atom stereocenters. The minimum absolute atomic E-state index is 0.572. The quantitative estimate of drug-likeness (QED) is 0.566. The van der Waals surface area contributed by atoms with Crippen LogP contribution in [0.3, 0.4) is 0 Å². The lowest BCUT2D eigenvalue weighted by molar-refractivity contribution is 0.0565. The fraction of sp³-hybridized carbons (Fsp3) is 0.538. The number of nitrogens with one attached hydrogen (secondary N) is 1. The highest BCUT2D eigenvalue weighted by Gasteiger charge is 2.15. The van der Waals surface area contributed by atoms with Crippen LogP contribution >= 0.6 is 11.8 Å². The number of hydrogen-bond donors (Lipinski definition) is 2. The van der Waals surface area contributed by atoms with Gasteiger partial charge < -0.3 is 10.4 Å². The van der Waals surface area contributed by atoms with E-state index in [1.165, 1.54) is 4.90 Å². The molecule has 0 aliphatic rings. The van der Waals surface area contributed by atoms with E-state index in [0.717, 1.165) is 18.7 Å². The van der Waals surface area contributed by atoms with Crippen LogP contribution < -0.4 is 5.32 Å². The van der Waals surface area contributed by atoms with Crippen molar-refractivity contribution in [3.63, 3.8) is 0 Å². The third-order valence-electron chi connectivity index (χ3n) is 2.56. The third kappa shape index (κ3) is 5.54. The normalized spacial score (nSPS) is 14.7. The lowest BCUT2D eigenvalue weighted by atomic mass is 10.0. The Kier molecular flexibility index (Phi) is 5.88. The molecular formula is C13H21NOS. The molecule has 0 saturated heterocycles. The monoisotopic (exact) mass is 239 g/mol.